The fraction of sp³-hybridized carbons (Fsp3) is 0.714. The van der Waals surface area contributed by atoms with E-state index in [1.165, 1.54) is 0 Å². The zero-order valence-electron chi connectivity index (χ0n) is 12.3. The van der Waals surface area contributed by atoms with Crippen molar-refractivity contribution in [3.05, 3.63) is 16.5 Å². The number of halogens is 1. The summed E-state index contributed by atoms with van der Waals surface area (Å²) >= 11 is 6.21. The number of hydrogen-bond donors (Lipinski definition) is 1. The lowest BCUT2D eigenvalue weighted by Crippen LogP contribution is -2.33. The van der Waals surface area contributed by atoms with Gasteiger partial charge in [-0.3, -0.25) is 4.90 Å². The van der Waals surface area contributed by atoms with Crippen molar-refractivity contribution < 1.29 is 5.11 Å². The summed E-state index contributed by atoms with van der Waals surface area (Å²) in [4.78, 5) is 13.5. The van der Waals surface area contributed by atoms with Crippen molar-refractivity contribution in [2.45, 2.75) is 26.7 Å². The smallest absolute Gasteiger partial charge is 0.137 e. The molecule has 0 atom stereocenters. The van der Waals surface area contributed by atoms with Crippen molar-refractivity contribution in [2.24, 2.45) is 0 Å². The molecule has 1 aliphatic rings. The maximum absolute atomic E-state index is 9.05. The zero-order valence-corrected chi connectivity index (χ0v) is 13.0. The highest BCUT2D eigenvalue weighted by molar-refractivity contribution is 6.30. The summed E-state index contributed by atoms with van der Waals surface area (Å²) in [6, 6.07) is 0. The number of aliphatic hydroxyl groups is 1. The van der Waals surface area contributed by atoms with Crippen LogP contribution in [0, 0.1) is 6.92 Å². The number of β-amino-alcohol motifs (C(OH)–C–C–N with tert-alkyl or cyclic N) is 1. The average molecular weight is 299 g/mol. The second-order valence-corrected chi connectivity index (χ2v) is 5.50. The lowest BCUT2D eigenvalue weighted by atomic mass is 10.3. The van der Waals surface area contributed by atoms with Crippen LogP contribution < -0.4 is 4.90 Å². The molecule has 20 heavy (non-hydrogen) atoms. The topological polar surface area (TPSA) is 52.5 Å². The Morgan fingerprint density at radius 2 is 2.00 bits per heavy atom. The normalized spacial score (nSPS) is 17.3. The van der Waals surface area contributed by atoms with Gasteiger partial charge in [-0.15, -0.1) is 0 Å². The molecule has 1 aliphatic heterocycles. The highest BCUT2D eigenvalue weighted by atomic mass is 35.5. The summed E-state index contributed by atoms with van der Waals surface area (Å²) in [6.07, 6.45) is 1.86. The van der Waals surface area contributed by atoms with Gasteiger partial charge in [-0.25, -0.2) is 9.97 Å². The van der Waals surface area contributed by atoms with Crippen LogP contribution in [-0.2, 0) is 6.42 Å². The molecule has 1 aromatic rings. The number of aryl methyl sites for hydroxylation is 1. The first-order valence-electron chi connectivity index (χ1n) is 7.27. The van der Waals surface area contributed by atoms with Crippen LogP contribution in [0.3, 0.4) is 0 Å². The maximum atomic E-state index is 9.05. The summed E-state index contributed by atoms with van der Waals surface area (Å²) in [6.45, 7) is 8.84. The molecule has 5 nitrogen and oxygen atoms in total. The Morgan fingerprint density at radius 3 is 2.70 bits per heavy atom. The molecule has 2 rings (SSSR count). The number of rotatable bonds is 4. The van der Waals surface area contributed by atoms with Gasteiger partial charge in [-0.2, -0.15) is 0 Å². The molecule has 2 heterocycles. The third-order valence-corrected chi connectivity index (χ3v) is 4.10. The Bertz CT molecular complexity index is 455. The van der Waals surface area contributed by atoms with E-state index < -0.39 is 0 Å². The van der Waals surface area contributed by atoms with Gasteiger partial charge < -0.3 is 10.0 Å². The Hall–Kier alpha value is -0.910. The second kappa shape index (κ2) is 7.20. The van der Waals surface area contributed by atoms with E-state index in [0.717, 1.165) is 62.8 Å². The first-order chi connectivity index (χ1) is 9.65. The molecule has 0 saturated carbocycles. The molecule has 0 amide bonds. The minimum absolute atomic E-state index is 0.221. The van der Waals surface area contributed by atoms with Crippen LogP contribution in [0.2, 0.25) is 5.15 Å². The van der Waals surface area contributed by atoms with Crippen molar-refractivity contribution in [1.82, 2.24) is 14.9 Å². The number of nitrogens with zero attached hydrogens (tertiary/aromatic N) is 4. The van der Waals surface area contributed by atoms with E-state index in [1.807, 2.05) is 13.8 Å². The molecule has 0 bridgehead atoms. The largest absolute Gasteiger partial charge is 0.395 e. The Kier molecular flexibility index (Phi) is 5.57. The van der Waals surface area contributed by atoms with Crippen LogP contribution in [0.15, 0.2) is 0 Å². The predicted molar refractivity (Wildman–Crippen MR) is 81.5 cm³/mol. The molecule has 0 aliphatic carbocycles. The highest BCUT2D eigenvalue weighted by Crippen LogP contribution is 2.24. The molecule has 0 aromatic carbocycles. The van der Waals surface area contributed by atoms with Crippen molar-refractivity contribution >= 4 is 17.4 Å². The lowest BCUT2D eigenvalue weighted by Gasteiger charge is -2.24. The van der Waals surface area contributed by atoms with Crippen LogP contribution in [-0.4, -0.2) is 59.3 Å². The second-order valence-electron chi connectivity index (χ2n) is 5.14. The van der Waals surface area contributed by atoms with E-state index in [0.29, 0.717) is 5.15 Å². The summed E-state index contributed by atoms with van der Waals surface area (Å²) in [5.41, 5.74) is 0.958. The van der Waals surface area contributed by atoms with Gasteiger partial charge in [0.2, 0.25) is 0 Å². The molecular weight excluding hydrogens is 276 g/mol. The SMILES string of the molecule is CCc1nc(Cl)c(C)c(N2CCCN(CCO)CC2)n1. The molecule has 1 fully saturated rings. The van der Waals surface area contributed by atoms with Crippen LogP contribution in [0.1, 0.15) is 24.7 Å². The van der Waals surface area contributed by atoms with Gasteiger partial charge in [0.15, 0.2) is 0 Å². The maximum Gasteiger partial charge on any atom is 0.137 e. The molecule has 1 aromatic heterocycles. The molecule has 1 N–H and O–H groups in total. The third-order valence-electron chi connectivity index (χ3n) is 3.73. The molecule has 0 unspecified atom stereocenters. The van der Waals surface area contributed by atoms with Gasteiger partial charge in [0.25, 0.3) is 0 Å². The fourth-order valence-corrected chi connectivity index (χ4v) is 2.72. The zero-order chi connectivity index (χ0) is 14.5. The van der Waals surface area contributed by atoms with E-state index in [9.17, 15) is 0 Å². The molecule has 6 heteroatoms. The summed E-state index contributed by atoms with van der Waals surface area (Å²) in [7, 11) is 0. The summed E-state index contributed by atoms with van der Waals surface area (Å²) in [5, 5.41) is 9.61. The first kappa shape index (κ1) is 15.5. The number of anilines is 1. The fourth-order valence-electron chi connectivity index (χ4n) is 2.53. The average Bonchev–Trinajstić information content (AvgIpc) is 2.68. The Labute approximate surface area is 125 Å². The number of hydrogen-bond acceptors (Lipinski definition) is 5. The van der Waals surface area contributed by atoms with Crippen molar-refractivity contribution in [1.29, 1.82) is 0 Å². The molecular formula is C14H23ClN4O. The van der Waals surface area contributed by atoms with Gasteiger partial charge in [0.1, 0.15) is 16.8 Å². The van der Waals surface area contributed by atoms with E-state index in [-0.39, 0.29) is 6.61 Å². The van der Waals surface area contributed by atoms with Crippen LogP contribution >= 0.6 is 11.6 Å². The molecule has 1 saturated heterocycles. The lowest BCUT2D eigenvalue weighted by molar-refractivity contribution is 0.204. The van der Waals surface area contributed by atoms with Crippen LogP contribution in [0.5, 0.6) is 0 Å². The number of aromatic nitrogens is 2. The van der Waals surface area contributed by atoms with E-state index in [1.54, 1.807) is 0 Å². The Morgan fingerprint density at radius 1 is 1.20 bits per heavy atom. The van der Waals surface area contributed by atoms with Crippen molar-refractivity contribution in [2.75, 3.05) is 44.2 Å². The van der Waals surface area contributed by atoms with Gasteiger partial charge in [-0.05, 0) is 19.9 Å². The van der Waals surface area contributed by atoms with Gasteiger partial charge in [0, 0.05) is 38.2 Å². The van der Waals surface area contributed by atoms with Gasteiger partial charge >= 0.3 is 0 Å². The van der Waals surface area contributed by atoms with E-state index in [2.05, 4.69) is 19.8 Å². The van der Waals surface area contributed by atoms with Gasteiger partial charge in [-0.1, -0.05) is 18.5 Å². The molecule has 0 spiro atoms. The van der Waals surface area contributed by atoms with Crippen LogP contribution in [0.25, 0.3) is 0 Å². The van der Waals surface area contributed by atoms with E-state index in [4.69, 9.17) is 16.7 Å². The number of aliphatic hydroxyl groups excluding tert-OH is 1. The standard InChI is InChI=1S/C14H23ClN4O/c1-3-12-16-13(15)11(2)14(17-12)19-6-4-5-18(7-8-19)9-10-20/h20H,3-10H2,1-2H3. The quantitative estimate of drug-likeness (QED) is 0.854. The monoisotopic (exact) mass is 298 g/mol. The molecule has 112 valence electrons. The minimum atomic E-state index is 0.221. The molecule has 0 radical (unpaired) electrons. The van der Waals surface area contributed by atoms with Crippen molar-refractivity contribution in [3.8, 4) is 0 Å². The minimum Gasteiger partial charge on any atom is -0.395 e. The summed E-state index contributed by atoms with van der Waals surface area (Å²) in [5.74, 6) is 1.76. The highest BCUT2D eigenvalue weighted by Gasteiger charge is 2.19. The van der Waals surface area contributed by atoms with Crippen LogP contribution in [0.4, 0.5) is 5.82 Å². The predicted octanol–water partition coefficient (Wildman–Crippen LogP) is 1.51. The third kappa shape index (κ3) is 3.59. The first-order valence-corrected chi connectivity index (χ1v) is 7.64. The summed E-state index contributed by atoms with van der Waals surface area (Å²) < 4.78 is 0. The Balaban J connectivity index is 2.17. The van der Waals surface area contributed by atoms with Gasteiger partial charge in [0.05, 0.1) is 6.61 Å². The van der Waals surface area contributed by atoms with E-state index >= 15 is 0 Å². The van der Waals surface area contributed by atoms with Crippen molar-refractivity contribution in [3.63, 3.8) is 0 Å².